The molecule has 2 aromatic heterocycles. The third-order valence-corrected chi connectivity index (χ3v) is 4.72. The highest BCUT2D eigenvalue weighted by Gasteiger charge is 2.20. The number of aliphatic hydroxyl groups excluding tert-OH is 1. The molecule has 7 heteroatoms. The number of nitrogens with one attached hydrogen (secondary N) is 1. The zero-order valence-electron chi connectivity index (χ0n) is 13.3. The zero-order chi connectivity index (χ0) is 17.3. The van der Waals surface area contributed by atoms with Crippen LogP contribution in [-0.4, -0.2) is 38.8 Å². The third-order valence-electron chi connectivity index (χ3n) is 3.83. The topological polar surface area (TPSA) is 95.3 Å². The molecular formula is C17H17N3O3S. The van der Waals surface area contributed by atoms with Gasteiger partial charge in [0.1, 0.15) is 23.0 Å². The second kappa shape index (κ2) is 6.54. The number of thiophene rings is 1. The van der Waals surface area contributed by atoms with Crippen LogP contribution in [0.3, 0.4) is 0 Å². The van der Waals surface area contributed by atoms with Crippen molar-refractivity contribution in [3.63, 3.8) is 0 Å². The van der Waals surface area contributed by atoms with Crippen LogP contribution in [0.2, 0.25) is 0 Å². The smallest absolute Gasteiger partial charge is 0.328 e. The number of carboxylic acids is 1. The molecular weight excluding hydrogens is 326 g/mol. The maximum absolute atomic E-state index is 11.2. The second-order valence-corrected chi connectivity index (χ2v) is 6.45. The first-order valence-corrected chi connectivity index (χ1v) is 8.29. The number of rotatable bonds is 5. The van der Waals surface area contributed by atoms with E-state index in [1.165, 1.54) is 23.2 Å². The van der Waals surface area contributed by atoms with Crippen molar-refractivity contribution >= 4 is 33.3 Å². The predicted octanol–water partition coefficient (Wildman–Crippen LogP) is 2.83. The van der Waals surface area contributed by atoms with Gasteiger partial charge in [-0.15, -0.1) is 11.3 Å². The van der Waals surface area contributed by atoms with Crippen molar-refractivity contribution in [3.8, 4) is 11.1 Å². The lowest BCUT2D eigenvalue weighted by Gasteiger charge is -2.14. The Kier molecular flexibility index (Phi) is 4.46. The van der Waals surface area contributed by atoms with Gasteiger partial charge in [0.2, 0.25) is 0 Å². The van der Waals surface area contributed by atoms with E-state index in [2.05, 4.69) is 21.4 Å². The van der Waals surface area contributed by atoms with Crippen LogP contribution in [0.25, 0.3) is 21.3 Å². The van der Waals surface area contributed by atoms with Crippen molar-refractivity contribution in [3.05, 3.63) is 41.0 Å². The van der Waals surface area contributed by atoms with Crippen molar-refractivity contribution < 1.29 is 15.0 Å². The molecule has 0 aliphatic rings. The fourth-order valence-electron chi connectivity index (χ4n) is 2.65. The lowest BCUT2D eigenvalue weighted by Crippen LogP contribution is -2.33. The first-order valence-electron chi connectivity index (χ1n) is 7.41. The van der Waals surface area contributed by atoms with Crippen molar-refractivity contribution in [1.82, 2.24) is 9.97 Å². The SMILES string of the molecule is Cc1ccc(-c2csc3ncnc(NC(CO)C(=O)O)c23)c(C)c1. The molecule has 3 rings (SSSR count). The summed E-state index contributed by atoms with van der Waals surface area (Å²) in [6.07, 6.45) is 1.39. The molecule has 0 aliphatic carbocycles. The molecule has 0 bridgehead atoms. The summed E-state index contributed by atoms with van der Waals surface area (Å²) in [7, 11) is 0. The summed E-state index contributed by atoms with van der Waals surface area (Å²) in [6, 6.07) is 5.07. The minimum Gasteiger partial charge on any atom is -0.480 e. The molecule has 0 spiro atoms. The highest BCUT2D eigenvalue weighted by molar-refractivity contribution is 7.17. The highest BCUT2D eigenvalue weighted by Crippen LogP contribution is 2.38. The molecule has 0 aliphatic heterocycles. The number of hydrogen-bond acceptors (Lipinski definition) is 6. The number of hydrogen-bond donors (Lipinski definition) is 3. The number of aryl methyl sites for hydroxylation is 2. The van der Waals surface area contributed by atoms with E-state index in [4.69, 9.17) is 5.11 Å². The van der Waals surface area contributed by atoms with Crippen molar-refractivity contribution in [1.29, 1.82) is 0 Å². The number of anilines is 1. The van der Waals surface area contributed by atoms with E-state index in [0.717, 1.165) is 26.9 Å². The van der Waals surface area contributed by atoms with E-state index in [-0.39, 0.29) is 0 Å². The molecule has 0 saturated heterocycles. The molecule has 1 aromatic carbocycles. The summed E-state index contributed by atoms with van der Waals surface area (Å²) in [5.74, 6) is -0.717. The van der Waals surface area contributed by atoms with Crippen molar-refractivity contribution in [2.75, 3.05) is 11.9 Å². The molecule has 2 heterocycles. The predicted molar refractivity (Wildman–Crippen MR) is 94.5 cm³/mol. The number of aliphatic hydroxyl groups is 1. The van der Waals surface area contributed by atoms with E-state index in [0.29, 0.717) is 5.82 Å². The van der Waals surface area contributed by atoms with E-state index in [9.17, 15) is 9.90 Å². The monoisotopic (exact) mass is 343 g/mol. The van der Waals surface area contributed by atoms with Gasteiger partial charge >= 0.3 is 5.97 Å². The van der Waals surface area contributed by atoms with Crippen LogP contribution in [0.5, 0.6) is 0 Å². The lowest BCUT2D eigenvalue weighted by atomic mass is 9.99. The zero-order valence-corrected chi connectivity index (χ0v) is 14.1. The van der Waals surface area contributed by atoms with Crippen LogP contribution in [0.1, 0.15) is 11.1 Å². The number of aliphatic carboxylic acids is 1. The normalized spacial score (nSPS) is 12.3. The number of aromatic nitrogens is 2. The highest BCUT2D eigenvalue weighted by atomic mass is 32.1. The van der Waals surface area contributed by atoms with Gasteiger partial charge in [-0.3, -0.25) is 0 Å². The molecule has 0 saturated carbocycles. The van der Waals surface area contributed by atoms with Crippen LogP contribution < -0.4 is 5.32 Å². The Balaban J connectivity index is 2.15. The Morgan fingerprint density at radius 2 is 2.08 bits per heavy atom. The molecule has 0 fully saturated rings. The lowest BCUT2D eigenvalue weighted by molar-refractivity contribution is -0.138. The Bertz CT molecular complexity index is 907. The first kappa shape index (κ1) is 16.4. The maximum Gasteiger partial charge on any atom is 0.328 e. The van der Waals surface area contributed by atoms with Crippen LogP contribution in [0, 0.1) is 13.8 Å². The number of benzene rings is 1. The molecule has 0 amide bonds. The van der Waals surface area contributed by atoms with Gasteiger partial charge in [-0.1, -0.05) is 23.8 Å². The quantitative estimate of drug-likeness (QED) is 0.659. The van der Waals surface area contributed by atoms with Crippen LogP contribution in [0.4, 0.5) is 5.82 Å². The van der Waals surface area contributed by atoms with Crippen molar-refractivity contribution in [2.45, 2.75) is 19.9 Å². The maximum atomic E-state index is 11.2. The standard InChI is InChI=1S/C17H17N3O3S/c1-9-3-4-11(10(2)5-9)12-7-24-16-14(12)15(18-8-19-16)20-13(6-21)17(22)23/h3-5,7-8,13,21H,6H2,1-2H3,(H,22,23)(H,18,19,20). The molecule has 6 nitrogen and oxygen atoms in total. The van der Waals surface area contributed by atoms with E-state index in [1.54, 1.807) is 0 Å². The van der Waals surface area contributed by atoms with Gasteiger partial charge in [-0.2, -0.15) is 0 Å². The fourth-order valence-corrected chi connectivity index (χ4v) is 3.56. The largest absolute Gasteiger partial charge is 0.480 e. The van der Waals surface area contributed by atoms with Crippen molar-refractivity contribution in [2.24, 2.45) is 0 Å². The first-order chi connectivity index (χ1) is 11.5. The Morgan fingerprint density at radius 1 is 1.29 bits per heavy atom. The molecule has 1 atom stereocenters. The van der Waals surface area contributed by atoms with Gasteiger partial charge in [0, 0.05) is 10.9 Å². The van der Waals surface area contributed by atoms with Crippen LogP contribution in [-0.2, 0) is 4.79 Å². The summed E-state index contributed by atoms with van der Waals surface area (Å²) >= 11 is 1.48. The Morgan fingerprint density at radius 3 is 2.75 bits per heavy atom. The van der Waals surface area contributed by atoms with Gasteiger partial charge in [0.05, 0.1) is 12.0 Å². The molecule has 0 radical (unpaired) electrons. The number of nitrogens with zero attached hydrogens (tertiary/aromatic N) is 2. The number of fused-ring (bicyclic) bond motifs is 1. The summed E-state index contributed by atoms with van der Waals surface area (Å²) in [5.41, 5.74) is 4.32. The molecule has 3 N–H and O–H groups in total. The summed E-state index contributed by atoms with van der Waals surface area (Å²) < 4.78 is 0. The average molecular weight is 343 g/mol. The summed E-state index contributed by atoms with van der Waals surface area (Å²) in [6.45, 7) is 3.55. The molecule has 3 aromatic rings. The van der Waals surface area contributed by atoms with Crippen LogP contribution in [0.15, 0.2) is 29.9 Å². The van der Waals surface area contributed by atoms with Gasteiger partial charge in [0.25, 0.3) is 0 Å². The molecule has 124 valence electrons. The van der Waals surface area contributed by atoms with Gasteiger partial charge in [-0.25, -0.2) is 14.8 Å². The average Bonchev–Trinajstić information content (AvgIpc) is 2.97. The van der Waals surface area contributed by atoms with E-state index >= 15 is 0 Å². The minimum atomic E-state index is -1.13. The number of carbonyl (C=O) groups is 1. The van der Waals surface area contributed by atoms with Gasteiger partial charge < -0.3 is 15.5 Å². The summed E-state index contributed by atoms with van der Waals surface area (Å²) in [4.78, 5) is 20.4. The summed E-state index contributed by atoms with van der Waals surface area (Å²) in [5, 5.41) is 24.0. The minimum absolute atomic E-state index is 0.415. The molecule has 1 unspecified atom stereocenters. The Labute approximate surface area is 142 Å². The van der Waals surface area contributed by atoms with Gasteiger partial charge in [-0.05, 0) is 25.0 Å². The Hall–Kier alpha value is -2.51. The third kappa shape index (κ3) is 2.95. The fraction of sp³-hybridized carbons (Fsp3) is 0.235. The number of carboxylic acid groups (broad SMARTS) is 1. The van der Waals surface area contributed by atoms with E-state index < -0.39 is 18.6 Å². The second-order valence-electron chi connectivity index (χ2n) is 5.59. The van der Waals surface area contributed by atoms with E-state index in [1.807, 2.05) is 31.4 Å². The molecule has 24 heavy (non-hydrogen) atoms. The van der Waals surface area contributed by atoms with Crippen LogP contribution >= 0.6 is 11.3 Å². The van der Waals surface area contributed by atoms with Gasteiger partial charge in [0.15, 0.2) is 0 Å².